The van der Waals surface area contributed by atoms with Gasteiger partial charge in [0.1, 0.15) is 15.6 Å². The van der Waals surface area contributed by atoms with E-state index < -0.39 is 15.9 Å². The molecule has 0 fully saturated rings. The van der Waals surface area contributed by atoms with Crippen LogP contribution in [0.4, 0.5) is 0 Å². The maximum absolute atomic E-state index is 11.1. The Kier molecular flexibility index (Phi) is 4.85. The molecule has 1 atom stereocenters. The smallest absolute Gasteiger partial charge is 0.147 e. The molecule has 2 aromatic rings. The molecule has 0 aromatic heterocycles. The number of hydrogen-bond acceptors (Lipinski definition) is 4. The zero-order valence-corrected chi connectivity index (χ0v) is 13.1. The third-order valence-corrected chi connectivity index (χ3v) is 4.30. The van der Waals surface area contributed by atoms with Crippen molar-refractivity contribution < 1.29 is 18.3 Å². The average Bonchev–Trinajstić information content (AvgIpc) is 2.42. The van der Waals surface area contributed by atoms with Gasteiger partial charge in [-0.2, -0.15) is 0 Å². The summed E-state index contributed by atoms with van der Waals surface area (Å²) < 4.78 is 28.1. The van der Waals surface area contributed by atoms with E-state index in [4.69, 9.17) is 4.74 Å². The van der Waals surface area contributed by atoms with E-state index in [0.29, 0.717) is 24.3 Å². The molecule has 114 valence electrons. The van der Waals surface area contributed by atoms with Crippen molar-refractivity contribution >= 4 is 20.6 Å². The minimum Gasteiger partial charge on any atom is -0.493 e. The predicted molar refractivity (Wildman–Crippen MR) is 84.4 cm³/mol. The number of rotatable bonds is 6. The Labute approximate surface area is 125 Å². The van der Waals surface area contributed by atoms with Crippen LogP contribution < -0.4 is 4.74 Å². The van der Waals surface area contributed by atoms with E-state index in [-0.39, 0.29) is 5.75 Å². The first-order valence-electron chi connectivity index (χ1n) is 6.89. The topological polar surface area (TPSA) is 63.6 Å². The van der Waals surface area contributed by atoms with Gasteiger partial charge in [0.15, 0.2) is 0 Å². The van der Waals surface area contributed by atoms with Crippen LogP contribution in [0.5, 0.6) is 5.75 Å². The third kappa shape index (κ3) is 4.19. The van der Waals surface area contributed by atoms with Gasteiger partial charge >= 0.3 is 0 Å². The van der Waals surface area contributed by atoms with Gasteiger partial charge in [-0.1, -0.05) is 36.4 Å². The van der Waals surface area contributed by atoms with E-state index in [9.17, 15) is 13.5 Å². The normalized spacial score (nSPS) is 13.3. The fourth-order valence-corrected chi connectivity index (χ4v) is 2.89. The molecule has 1 N–H and O–H groups in total. The van der Waals surface area contributed by atoms with Crippen LogP contribution in [0.2, 0.25) is 0 Å². The van der Waals surface area contributed by atoms with E-state index in [1.807, 2.05) is 36.4 Å². The molecule has 0 aliphatic carbocycles. The van der Waals surface area contributed by atoms with Crippen molar-refractivity contribution in [2.24, 2.45) is 0 Å². The van der Waals surface area contributed by atoms with Gasteiger partial charge in [0.25, 0.3) is 0 Å². The molecular weight excluding hydrogens is 288 g/mol. The third-order valence-electron chi connectivity index (χ3n) is 3.27. The van der Waals surface area contributed by atoms with Gasteiger partial charge in [-0.05, 0) is 18.7 Å². The Balaban J connectivity index is 2.25. The highest BCUT2D eigenvalue weighted by atomic mass is 32.2. The highest BCUT2D eigenvalue weighted by molar-refractivity contribution is 7.90. The zero-order valence-electron chi connectivity index (χ0n) is 12.2. The number of benzene rings is 2. The Morgan fingerprint density at radius 3 is 2.57 bits per heavy atom. The molecule has 0 radical (unpaired) electrons. The molecule has 0 aliphatic heterocycles. The lowest BCUT2D eigenvalue weighted by molar-refractivity contribution is 0.192. The molecule has 21 heavy (non-hydrogen) atoms. The molecule has 4 nitrogen and oxygen atoms in total. The highest BCUT2D eigenvalue weighted by Crippen LogP contribution is 2.33. The molecule has 0 bridgehead atoms. The Morgan fingerprint density at radius 2 is 1.90 bits per heavy atom. The first-order chi connectivity index (χ1) is 9.88. The molecule has 5 heteroatoms. The SMILES string of the molecule is C[C@H](O)c1ccc2ccccc2c1OCCCS(C)(=O)=O. The number of fused-ring (bicyclic) bond motifs is 1. The summed E-state index contributed by atoms with van der Waals surface area (Å²) in [4.78, 5) is 0. The van der Waals surface area contributed by atoms with Gasteiger partial charge in [0.2, 0.25) is 0 Å². The molecular formula is C16H20O4S. The van der Waals surface area contributed by atoms with Crippen LogP contribution in [0.3, 0.4) is 0 Å². The van der Waals surface area contributed by atoms with Crippen molar-refractivity contribution in [1.82, 2.24) is 0 Å². The first kappa shape index (κ1) is 15.8. The van der Waals surface area contributed by atoms with Crippen molar-refractivity contribution in [1.29, 1.82) is 0 Å². The van der Waals surface area contributed by atoms with E-state index in [0.717, 1.165) is 10.8 Å². The fraction of sp³-hybridized carbons (Fsp3) is 0.375. The Hall–Kier alpha value is -1.59. The second-order valence-electron chi connectivity index (χ2n) is 5.21. The van der Waals surface area contributed by atoms with Crippen LogP contribution in [0.1, 0.15) is 25.0 Å². The molecule has 0 unspecified atom stereocenters. The first-order valence-corrected chi connectivity index (χ1v) is 8.95. The number of aliphatic hydroxyl groups is 1. The van der Waals surface area contributed by atoms with Gasteiger partial charge in [-0.25, -0.2) is 8.42 Å². The highest BCUT2D eigenvalue weighted by Gasteiger charge is 2.13. The average molecular weight is 308 g/mol. The van der Waals surface area contributed by atoms with E-state index in [1.165, 1.54) is 6.26 Å². The Morgan fingerprint density at radius 1 is 1.19 bits per heavy atom. The van der Waals surface area contributed by atoms with Crippen molar-refractivity contribution in [3.05, 3.63) is 42.0 Å². The Bertz CT molecular complexity index is 720. The van der Waals surface area contributed by atoms with Crippen molar-refractivity contribution in [3.8, 4) is 5.75 Å². The van der Waals surface area contributed by atoms with Crippen LogP contribution in [0, 0.1) is 0 Å². The van der Waals surface area contributed by atoms with Gasteiger partial charge < -0.3 is 9.84 Å². The molecule has 0 aliphatic rings. The number of ether oxygens (including phenoxy) is 1. The summed E-state index contributed by atoms with van der Waals surface area (Å²) in [7, 11) is -2.98. The van der Waals surface area contributed by atoms with Crippen LogP contribution >= 0.6 is 0 Å². The molecule has 0 saturated heterocycles. The molecule has 0 saturated carbocycles. The summed E-state index contributed by atoms with van der Waals surface area (Å²) in [6.45, 7) is 1.99. The molecule has 0 spiro atoms. The maximum atomic E-state index is 11.1. The standard InChI is InChI=1S/C16H20O4S/c1-12(17)14-9-8-13-6-3-4-7-15(13)16(14)20-10-5-11-21(2,18)19/h3-4,6-9,12,17H,5,10-11H2,1-2H3/t12-/m0/s1. The molecule has 2 rings (SSSR count). The van der Waals surface area contributed by atoms with Gasteiger partial charge in [0, 0.05) is 17.2 Å². The van der Waals surface area contributed by atoms with Gasteiger partial charge in [-0.3, -0.25) is 0 Å². The van der Waals surface area contributed by atoms with Crippen molar-refractivity contribution in [2.45, 2.75) is 19.4 Å². The summed E-state index contributed by atoms with van der Waals surface area (Å²) in [5.41, 5.74) is 0.716. The monoisotopic (exact) mass is 308 g/mol. The second kappa shape index (κ2) is 6.45. The lowest BCUT2D eigenvalue weighted by atomic mass is 10.0. The predicted octanol–water partition coefficient (Wildman–Crippen LogP) is 2.71. The summed E-state index contributed by atoms with van der Waals surface area (Å²) in [6, 6.07) is 11.6. The molecule has 0 heterocycles. The summed E-state index contributed by atoms with van der Waals surface area (Å²) in [5, 5.41) is 11.8. The zero-order chi connectivity index (χ0) is 15.5. The van der Waals surface area contributed by atoms with E-state index in [2.05, 4.69) is 0 Å². The quantitative estimate of drug-likeness (QED) is 0.833. The van der Waals surface area contributed by atoms with E-state index >= 15 is 0 Å². The van der Waals surface area contributed by atoms with Gasteiger partial charge in [-0.15, -0.1) is 0 Å². The van der Waals surface area contributed by atoms with Crippen LogP contribution in [0.15, 0.2) is 36.4 Å². The minimum absolute atomic E-state index is 0.0990. The largest absolute Gasteiger partial charge is 0.493 e. The van der Waals surface area contributed by atoms with Crippen LogP contribution in [-0.4, -0.2) is 32.1 Å². The van der Waals surface area contributed by atoms with E-state index in [1.54, 1.807) is 6.92 Å². The second-order valence-corrected chi connectivity index (χ2v) is 7.47. The van der Waals surface area contributed by atoms with Crippen LogP contribution in [0.25, 0.3) is 10.8 Å². The fourth-order valence-electron chi connectivity index (χ4n) is 2.25. The number of aliphatic hydroxyl groups excluding tert-OH is 1. The van der Waals surface area contributed by atoms with Crippen molar-refractivity contribution in [3.63, 3.8) is 0 Å². The summed E-state index contributed by atoms with van der Waals surface area (Å²) in [6.07, 6.45) is 1.01. The number of sulfone groups is 1. The molecule has 0 amide bonds. The van der Waals surface area contributed by atoms with Gasteiger partial charge in [0.05, 0.1) is 18.5 Å². The van der Waals surface area contributed by atoms with Crippen molar-refractivity contribution in [2.75, 3.05) is 18.6 Å². The maximum Gasteiger partial charge on any atom is 0.147 e. The lowest BCUT2D eigenvalue weighted by Gasteiger charge is -2.16. The summed E-state index contributed by atoms with van der Waals surface area (Å²) in [5.74, 6) is 0.735. The minimum atomic E-state index is -2.98. The van der Waals surface area contributed by atoms with Crippen LogP contribution in [-0.2, 0) is 9.84 Å². The lowest BCUT2D eigenvalue weighted by Crippen LogP contribution is -2.09. The summed E-state index contributed by atoms with van der Waals surface area (Å²) >= 11 is 0. The molecule has 2 aromatic carbocycles. The number of hydrogen-bond donors (Lipinski definition) is 1.